The smallest absolute Gasteiger partial charge is 0.260 e. The van der Waals surface area contributed by atoms with E-state index < -0.39 is 5.56 Å². The number of carbonyl (C=O) groups is 1. The Kier molecular flexibility index (Phi) is 7.37. The van der Waals surface area contributed by atoms with E-state index in [1.807, 2.05) is 16.8 Å². The van der Waals surface area contributed by atoms with Crippen molar-refractivity contribution in [3.8, 4) is 11.3 Å². The molecule has 8 nitrogen and oxygen atoms in total. The van der Waals surface area contributed by atoms with Gasteiger partial charge in [-0.1, -0.05) is 11.8 Å². The standard InChI is InChI=1S/C24H25FN6O2S2/c25-18-5-6-19(14-8-10-34-13-14)30-20(18)12-27-15-1-3-16(4-2-15)28-23-26-9-7-17(29-23)11-21-22(32)31-24(33)35-21/h5-11,13,15-16,24,27,33H,1-4,12H2,(H,31,32)(H,26,28,29). The second kappa shape index (κ2) is 10.8. The molecule has 35 heavy (non-hydrogen) atoms. The number of nitrogens with one attached hydrogen (secondary N) is 3. The molecule has 1 saturated heterocycles. The number of amides is 1. The van der Waals surface area contributed by atoms with E-state index in [4.69, 9.17) is 0 Å². The summed E-state index contributed by atoms with van der Waals surface area (Å²) < 4.78 is 14.3. The van der Waals surface area contributed by atoms with Crippen molar-refractivity contribution in [2.75, 3.05) is 5.32 Å². The van der Waals surface area contributed by atoms with Crippen molar-refractivity contribution in [3.05, 3.63) is 63.3 Å². The average molecular weight is 513 g/mol. The van der Waals surface area contributed by atoms with Gasteiger partial charge in [0.15, 0.2) is 5.56 Å². The Morgan fingerprint density at radius 3 is 2.71 bits per heavy atom. The number of thiophene rings is 1. The van der Waals surface area contributed by atoms with Crippen LogP contribution < -0.4 is 16.0 Å². The highest BCUT2D eigenvalue weighted by Gasteiger charge is 2.25. The van der Waals surface area contributed by atoms with Gasteiger partial charge in [0.05, 0.1) is 22.0 Å². The lowest BCUT2D eigenvalue weighted by Crippen LogP contribution is -2.37. The Hall–Kier alpha value is -2.86. The summed E-state index contributed by atoms with van der Waals surface area (Å²) in [5, 5.41) is 22.8. The molecule has 5 rings (SSSR count). The number of anilines is 1. The van der Waals surface area contributed by atoms with Crippen LogP contribution >= 0.6 is 23.1 Å². The van der Waals surface area contributed by atoms with E-state index in [1.165, 1.54) is 6.07 Å². The van der Waals surface area contributed by atoms with Gasteiger partial charge in [-0.25, -0.2) is 19.3 Å². The number of thioether (sulfide) groups is 1. The molecule has 11 heteroatoms. The summed E-state index contributed by atoms with van der Waals surface area (Å²) in [6.07, 6.45) is 7.05. The minimum atomic E-state index is -0.922. The highest BCUT2D eigenvalue weighted by atomic mass is 32.2. The van der Waals surface area contributed by atoms with Gasteiger partial charge in [0.25, 0.3) is 5.91 Å². The first kappa shape index (κ1) is 23.9. The molecule has 182 valence electrons. The van der Waals surface area contributed by atoms with E-state index in [-0.39, 0.29) is 17.8 Å². The maximum atomic E-state index is 14.3. The van der Waals surface area contributed by atoms with Crippen LogP contribution in [0.5, 0.6) is 0 Å². The Labute approximate surface area is 210 Å². The lowest BCUT2D eigenvalue weighted by Gasteiger charge is -2.29. The molecule has 1 aliphatic heterocycles. The zero-order chi connectivity index (χ0) is 24.2. The molecule has 2 aliphatic rings. The third kappa shape index (κ3) is 6.04. The lowest BCUT2D eigenvalue weighted by atomic mass is 9.91. The van der Waals surface area contributed by atoms with Gasteiger partial charge in [0, 0.05) is 35.8 Å². The second-order valence-electron chi connectivity index (χ2n) is 8.47. The molecule has 0 radical (unpaired) electrons. The molecule has 1 unspecified atom stereocenters. The average Bonchev–Trinajstić information content (AvgIpc) is 3.49. The molecule has 0 spiro atoms. The first-order chi connectivity index (χ1) is 17.0. The van der Waals surface area contributed by atoms with Gasteiger partial charge in [-0.05, 0) is 61.4 Å². The van der Waals surface area contributed by atoms with Crippen LogP contribution in [-0.2, 0) is 11.3 Å². The van der Waals surface area contributed by atoms with Crippen LogP contribution in [-0.4, -0.2) is 43.6 Å². The molecule has 4 N–H and O–H groups in total. The number of aromatic nitrogens is 3. The molecule has 4 heterocycles. The van der Waals surface area contributed by atoms with Crippen LogP contribution in [0, 0.1) is 5.82 Å². The molecule has 3 aromatic rings. The molecule has 1 amide bonds. The molecule has 1 saturated carbocycles. The molecule has 3 aromatic heterocycles. The maximum absolute atomic E-state index is 14.3. The molecule has 2 fully saturated rings. The van der Waals surface area contributed by atoms with E-state index in [0.29, 0.717) is 34.8 Å². The largest absolute Gasteiger partial charge is 0.364 e. The zero-order valence-electron chi connectivity index (χ0n) is 18.8. The number of rotatable bonds is 7. The molecular weight excluding hydrogens is 487 g/mol. The van der Waals surface area contributed by atoms with E-state index in [2.05, 4.69) is 30.9 Å². The van der Waals surface area contributed by atoms with Crippen LogP contribution in [0.2, 0.25) is 0 Å². The van der Waals surface area contributed by atoms with Gasteiger partial charge >= 0.3 is 0 Å². The van der Waals surface area contributed by atoms with Crippen molar-refractivity contribution in [2.24, 2.45) is 0 Å². The SMILES string of the molecule is O=C1NC(O)SC1=Cc1ccnc(NC2CCC(NCc3nc(-c4ccsc4)ccc3F)CC2)n1. The zero-order valence-corrected chi connectivity index (χ0v) is 20.4. The van der Waals surface area contributed by atoms with Crippen LogP contribution in [0.1, 0.15) is 37.1 Å². The van der Waals surface area contributed by atoms with Crippen molar-refractivity contribution in [3.63, 3.8) is 0 Å². The van der Waals surface area contributed by atoms with Crippen LogP contribution in [0.15, 0.2) is 46.1 Å². The Morgan fingerprint density at radius 1 is 1.14 bits per heavy atom. The highest BCUT2D eigenvalue weighted by molar-refractivity contribution is 8.05. The summed E-state index contributed by atoms with van der Waals surface area (Å²) in [6, 6.07) is 7.44. The molecule has 1 aliphatic carbocycles. The minimum absolute atomic E-state index is 0.235. The number of hydrogen-bond acceptors (Lipinski definition) is 9. The number of halogens is 1. The fraction of sp³-hybridized carbons (Fsp3) is 0.333. The number of nitrogens with zero attached hydrogens (tertiary/aromatic N) is 3. The van der Waals surface area contributed by atoms with E-state index in [9.17, 15) is 14.3 Å². The fourth-order valence-electron chi connectivity index (χ4n) is 4.19. The fourth-order valence-corrected chi connectivity index (χ4v) is 5.60. The molecule has 0 aromatic carbocycles. The monoisotopic (exact) mass is 512 g/mol. The van der Waals surface area contributed by atoms with Crippen molar-refractivity contribution in [2.45, 2.75) is 49.9 Å². The number of pyridine rings is 1. The summed E-state index contributed by atoms with van der Waals surface area (Å²) in [6.45, 7) is 0.396. The summed E-state index contributed by atoms with van der Waals surface area (Å²) >= 11 is 2.65. The van der Waals surface area contributed by atoms with Gasteiger partial charge in [0.1, 0.15) is 5.82 Å². The first-order valence-electron chi connectivity index (χ1n) is 11.4. The lowest BCUT2D eigenvalue weighted by molar-refractivity contribution is -0.117. The van der Waals surface area contributed by atoms with Crippen LogP contribution in [0.25, 0.3) is 17.3 Å². The summed E-state index contributed by atoms with van der Waals surface area (Å²) in [7, 11) is 0. The first-order valence-corrected chi connectivity index (χ1v) is 13.2. The van der Waals surface area contributed by atoms with Crippen molar-refractivity contribution in [1.82, 2.24) is 25.6 Å². The maximum Gasteiger partial charge on any atom is 0.260 e. The minimum Gasteiger partial charge on any atom is -0.364 e. The number of aliphatic hydroxyl groups is 1. The summed E-state index contributed by atoms with van der Waals surface area (Å²) in [5.41, 5.74) is 1.92. The summed E-state index contributed by atoms with van der Waals surface area (Å²) in [5.74, 6) is -0.0900. The number of carbonyl (C=O) groups excluding carboxylic acids is 1. The van der Waals surface area contributed by atoms with Crippen molar-refractivity contribution in [1.29, 1.82) is 0 Å². The number of aliphatic hydroxyl groups excluding tert-OH is 1. The molecular formula is C24H25FN6O2S2. The van der Waals surface area contributed by atoms with E-state index >= 15 is 0 Å². The third-order valence-electron chi connectivity index (χ3n) is 6.03. The summed E-state index contributed by atoms with van der Waals surface area (Å²) in [4.78, 5) is 25.5. The highest BCUT2D eigenvalue weighted by Crippen LogP contribution is 2.28. The second-order valence-corrected chi connectivity index (χ2v) is 10.4. The van der Waals surface area contributed by atoms with E-state index in [0.717, 1.165) is 48.7 Å². The normalized spacial score (nSPS) is 23.4. The Morgan fingerprint density at radius 2 is 1.97 bits per heavy atom. The van der Waals surface area contributed by atoms with Crippen LogP contribution in [0.4, 0.5) is 10.3 Å². The Bertz CT molecular complexity index is 1210. The topological polar surface area (TPSA) is 112 Å². The molecule has 0 bridgehead atoms. The van der Waals surface area contributed by atoms with E-state index in [1.54, 1.807) is 35.7 Å². The van der Waals surface area contributed by atoms with Gasteiger partial charge in [0.2, 0.25) is 5.95 Å². The van der Waals surface area contributed by atoms with Crippen molar-refractivity contribution < 1.29 is 14.3 Å². The van der Waals surface area contributed by atoms with Gasteiger partial charge in [-0.15, -0.1) is 0 Å². The number of hydrogen-bond donors (Lipinski definition) is 4. The van der Waals surface area contributed by atoms with Crippen molar-refractivity contribution >= 4 is 41.0 Å². The van der Waals surface area contributed by atoms with Gasteiger partial charge < -0.3 is 21.1 Å². The van der Waals surface area contributed by atoms with Gasteiger partial charge in [-0.2, -0.15) is 11.3 Å². The quantitative estimate of drug-likeness (QED) is 0.355. The van der Waals surface area contributed by atoms with Crippen LogP contribution in [0.3, 0.4) is 0 Å². The third-order valence-corrected chi connectivity index (χ3v) is 7.61. The predicted molar refractivity (Wildman–Crippen MR) is 136 cm³/mol. The van der Waals surface area contributed by atoms with Gasteiger partial charge in [-0.3, -0.25) is 4.79 Å². The Balaban J connectivity index is 1.12. The predicted octanol–water partition coefficient (Wildman–Crippen LogP) is 3.73. The molecule has 1 atom stereocenters.